The van der Waals surface area contributed by atoms with E-state index in [1.807, 2.05) is 0 Å². The number of nitrogens with one attached hydrogen (secondary N) is 10. The number of hydrogen-bond donors (Lipinski definition) is 10. The minimum Gasteiger partial charge on any atom is -0.445 e. The molecule has 10 N–H and O–H groups in total. The summed E-state index contributed by atoms with van der Waals surface area (Å²) in [7, 11) is 0. The van der Waals surface area contributed by atoms with E-state index in [4.69, 9.17) is 32.7 Å². The van der Waals surface area contributed by atoms with Gasteiger partial charge in [0.05, 0.1) is 0 Å². The van der Waals surface area contributed by atoms with Crippen molar-refractivity contribution in [3.63, 3.8) is 0 Å². The highest BCUT2D eigenvalue weighted by atomic mass is 35.5. The molecule has 12 amide bonds. The van der Waals surface area contributed by atoms with Crippen molar-refractivity contribution in [2.24, 2.45) is 0 Å². The lowest BCUT2D eigenvalue weighted by Gasteiger charge is -2.31. The van der Waals surface area contributed by atoms with E-state index in [-0.39, 0.29) is 104 Å². The van der Waals surface area contributed by atoms with E-state index < -0.39 is 132 Å². The Balaban J connectivity index is 1.01. The zero-order chi connectivity index (χ0) is 76.9. The van der Waals surface area contributed by atoms with Crippen LogP contribution in [0.4, 0.5) is 9.59 Å². The smallest absolute Gasteiger partial charge is 0.407 e. The summed E-state index contributed by atoms with van der Waals surface area (Å²) < 4.78 is 10.8. The van der Waals surface area contributed by atoms with Crippen LogP contribution in [0, 0.1) is 0 Å². The van der Waals surface area contributed by atoms with Crippen molar-refractivity contribution >= 4 is 94.5 Å². The van der Waals surface area contributed by atoms with E-state index in [0.29, 0.717) is 69.1 Å². The number of hydrogen-bond acceptors (Lipinski definition) is 14. The maximum Gasteiger partial charge on any atom is 0.407 e. The van der Waals surface area contributed by atoms with Gasteiger partial charge in [-0.25, -0.2) is 9.59 Å². The van der Waals surface area contributed by atoms with Crippen LogP contribution in [0.15, 0.2) is 170 Å². The highest BCUT2D eigenvalue weighted by molar-refractivity contribution is 6.30. The van der Waals surface area contributed by atoms with Crippen molar-refractivity contribution < 1.29 is 67.0 Å². The number of carbonyl (C=O) groups is 12. The third-order valence-electron chi connectivity index (χ3n) is 19.0. The van der Waals surface area contributed by atoms with Gasteiger partial charge in [0, 0.05) is 61.9 Å². The second-order valence-corrected chi connectivity index (χ2v) is 28.1. The van der Waals surface area contributed by atoms with Gasteiger partial charge in [-0.05, 0) is 136 Å². The highest BCUT2D eigenvalue weighted by Crippen LogP contribution is 2.24. The van der Waals surface area contributed by atoms with Crippen LogP contribution >= 0.6 is 23.2 Å². The van der Waals surface area contributed by atoms with Crippen molar-refractivity contribution in [1.29, 1.82) is 0 Å². The quantitative estimate of drug-likeness (QED) is 0.0330. The van der Waals surface area contributed by atoms with Gasteiger partial charge in [0.1, 0.15) is 73.6 Å². The van der Waals surface area contributed by atoms with E-state index in [9.17, 15) is 38.4 Å². The molecule has 108 heavy (non-hydrogen) atoms. The molecule has 9 rings (SSSR count). The first-order valence-corrected chi connectivity index (χ1v) is 37.4. The number of alkyl carbamates (subject to hydrolysis) is 2. The normalized spacial score (nSPS) is 22.4. The van der Waals surface area contributed by atoms with Gasteiger partial charge in [0.2, 0.25) is 59.1 Å². The summed E-state index contributed by atoms with van der Waals surface area (Å²) in [4.78, 5) is 178. The molecule has 6 aromatic carbocycles. The predicted octanol–water partition coefficient (Wildman–Crippen LogP) is 6.37. The lowest BCUT2D eigenvalue weighted by atomic mass is 10.0. The number of ether oxygens (including phenoxy) is 2. The second kappa shape index (κ2) is 41.3. The molecule has 0 radical (unpaired) electrons. The predicted molar refractivity (Wildman–Crippen MR) is 404 cm³/mol. The van der Waals surface area contributed by atoms with Gasteiger partial charge in [-0.1, -0.05) is 169 Å². The molecule has 0 saturated carbocycles. The molecule has 3 aliphatic rings. The summed E-state index contributed by atoms with van der Waals surface area (Å²) >= 11 is 12.0. The lowest BCUT2D eigenvalue weighted by molar-refractivity contribution is -0.143. The zero-order valence-corrected chi connectivity index (χ0v) is 62.0. The maximum absolute atomic E-state index is 15.2. The van der Waals surface area contributed by atoms with Gasteiger partial charge in [-0.3, -0.25) is 47.9 Å². The molecule has 0 unspecified atom stereocenters. The first kappa shape index (κ1) is 81.2. The van der Waals surface area contributed by atoms with Crippen LogP contribution < -0.4 is 53.2 Å². The first-order valence-electron chi connectivity index (χ1n) is 36.6. The Bertz CT molecular complexity index is 3780. The highest BCUT2D eigenvalue weighted by Gasteiger charge is 2.43. The van der Waals surface area contributed by atoms with Crippen molar-refractivity contribution in [2.45, 2.75) is 177 Å². The summed E-state index contributed by atoms with van der Waals surface area (Å²) in [5, 5.41) is 29.0. The number of fused-ring (bicyclic) bond motifs is 2. The van der Waals surface area contributed by atoms with Crippen molar-refractivity contribution in [3.8, 4) is 0 Å². The fourth-order valence-corrected chi connectivity index (χ4v) is 13.3. The van der Waals surface area contributed by atoms with Crippen molar-refractivity contribution in [2.75, 3.05) is 26.2 Å². The van der Waals surface area contributed by atoms with Crippen LogP contribution in [0.2, 0.25) is 10.0 Å². The summed E-state index contributed by atoms with van der Waals surface area (Å²) in [5.74, 6) is -7.46. The minimum atomic E-state index is -1.38. The molecule has 0 aliphatic carbocycles. The van der Waals surface area contributed by atoms with Gasteiger partial charge >= 0.3 is 12.2 Å². The molecule has 0 bridgehead atoms. The topological polar surface area (TPSA) is 350 Å². The molecule has 3 fully saturated rings. The van der Waals surface area contributed by atoms with Crippen molar-refractivity contribution in [3.05, 3.63) is 213 Å². The zero-order valence-electron chi connectivity index (χ0n) is 60.4. The van der Waals surface area contributed by atoms with E-state index in [1.165, 1.54) is 23.6 Å². The summed E-state index contributed by atoms with van der Waals surface area (Å²) in [5.41, 5.74) is 3.93. The number of rotatable bonds is 22. The van der Waals surface area contributed by atoms with Gasteiger partial charge < -0.3 is 72.4 Å². The summed E-state index contributed by atoms with van der Waals surface area (Å²) in [6, 6.07) is 35.6. The number of amides is 12. The Morgan fingerprint density at radius 3 is 0.963 bits per heavy atom. The summed E-state index contributed by atoms with van der Waals surface area (Å²) in [6.45, 7) is 3.13. The second-order valence-electron chi connectivity index (χ2n) is 27.2. The molecule has 3 heterocycles. The largest absolute Gasteiger partial charge is 0.445 e. The molecule has 26 nitrogen and oxygen atoms in total. The van der Waals surface area contributed by atoms with Gasteiger partial charge in [0.15, 0.2) is 0 Å². The van der Waals surface area contributed by atoms with E-state index in [1.54, 1.807) is 170 Å². The van der Waals surface area contributed by atoms with Gasteiger partial charge in [-0.2, -0.15) is 0 Å². The Labute approximate surface area is 638 Å². The first-order chi connectivity index (χ1) is 52.1. The SMILES string of the molecule is C[C@@H]1NC(=O)[C@H](Cc2ccccc2)NC(=O)[C@H](Cc2ccccc2)NC(=O)[C@@H]2CCCN2C(=O)[C@H](CCCCNC(=O)OCc2ccc(Cl)cc2)NC(=O)[C@H](C)NC(=O)[C@H](Cc2ccccc2)NC(=O)[C@H](Cc2ccccc2)NC(=O)[C@@H]2CCCN2C(=O)[C@H](CCCCNC(=O)OCc2ccc(Cl)cc2)NC1=O. The Hall–Kier alpha value is -10.9. The Morgan fingerprint density at radius 1 is 0.361 bits per heavy atom. The standard InChI is InChI=1S/C80H94Cl2N12O14/c1-51-69(95)87-61(29-15-17-41-83-79(105)107-49-57-33-37-59(81)38-34-57)77(103)93-43-19-31-67(93)75(101)92-66(48-56-27-13-6-14-28-56)74(100)90-64(46-54-23-9-4-10-24-54)72(98)86-52(2)70(96)88-62(30-16-18-42-84-80(106)108-50-58-35-39-60(82)40-36-58)78(104)94-44-20-32-68(94)76(102)91-65(47-55-25-11-5-12-26-55)73(99)89-63(71(97)85-51)45-53-21-7-3-8-22-53/h3-14,21-28,33-40,51-52,61-68H,15-20,29-32,41-50H2,1-2H3,(H,83,105)(H,84,106)(H,85,97)(H,86,98)(H,87,95)(H,88,96)(H,89,99)(H,90,100)(H,91,102)(H,92,101)/t51-,52-,61-,62-,63-,64-,65-,66-,67-,68-/m0/s1. The monoisotopic (exact) mass is 1520 g/mol. The number of halogens is 2. The minimum absolute atomic E-state index is 0.0111. The molecule has 572 valence electrons. The average molecular weight is 1520 g/mol. The maximum atomic E-state index is 15.2. The van der Waals surface area contributed by atoms with Crippen LogP contribution in [0.3, 0.4) is 0 Å². The molecule has 28 heteroatoms. The number of nitrogens with zero attached hydrogens (tertiary/aromatic N) is 2. The molecular formula is C80H94Cl2N12O14. The van der Waals surface area contributed by atoms with E-state index in [0.717, 1.165) is 0 Å². The average Bonchev–Trinajstić information content (AvgIpc) is 1.62. The van der Waals surface area contributed by atoms with Crippen LogP contribution in [0.25, 0.3) is 0 Å². The van der Waals surface area contributed by atoms with Gasteiger partial charge in [-0.15, -0.1) is 0 Å². The fourth-order valence-electron chi connectivity index (χ4n) is 13.1. The molecule has 0 aromatic heterocycles. The Kier molecular flexibility index (Phi) is 31.1. The molecule has 6 aromatic rings. The van der Waals surface area contributed by atoms with E-state index >= 15 is 19.2 Å². The number of unbranched alkanes of at least 4 members (excludes halogenated alkanes) is 2. The van der Waals surface area contributed by atoms with E-state index in [2.05, 4.69) is 53.2 Å². The van der Waals surface area contributed by atoms with Gasteiger partial charge in [0.25, 0.3) is 0 Å². The van der Waals surface area contributed by atoms with Crippen LogP contribution in [-0.4, -0.2) is 168 Å². The fraction of sp³-hybridized carbons (Fsp3) is 0.400. The molecule has 3 saturated heterocycles. The van der Waals surface area contributed by atoms with Crippen LogP contribution in [0.5, 0.6) is 0 Å². The molecule has 3 aliphatic heterocycles. The number of carbonyl (C=O) groups excluding carboxylic acids is 12. The third-order valence-corrected chi connectivity index (χ3v) is 19.5. The Morgan fingerprint density at radius 2 is 0.648 bits per heavy atom. The van der Waals surface area contributed by atoms with Crippen LogP contribution in [-0.2, 0) is 96.3 Å². The third kappa shape index (κ3) is 25.1. The molecule has 10 atom stereocenters. The molecular weight excluding hydrogens is 1420 g/mol. The number of benzene rings is 6. The lowest BCUT2D eigenvalue weighted by Crippen LogP contribution is -2.61. The van der Waals surface area contributed by atoms with Crippen LogP contribution in [0.1, 0.15) is 111 Å². The van der Waals surface area contributed by atoms with Crippen molar-refractivity contribution in [1.82, 2.24) is 63.0 Å². The summed E-state index contributed by atoms with van der Waals surface area (Å²) in [6.07, 6.45) is 0.353. The molecule has 0 spiro atoms.